The normalized spacial score (nSPS) is 12.9. The zero-order valence-corrected chi connectivity index (χ0v) is 16.1. The summed E-state index contributed by atoms with van der Waals surface area (Å²) in [5.74, 6) is 0.0456. The van der Waals surface area contributed by atoms with Gasteiger partial charge < -0.3 is 9.80 Å². The Balaban J connectivity index is 2.71. The number of nitrogens with one attached hydrogen (secondary N) is 1. The van der Waals surface area contributed by atoms with Crippen molar-refractivity contribution >= 4 is 17.3 Å². The number of quaternary nitrogens is 1. The summed E-state index contributed by atoms with van der Waals surface area (Å²) in [6, 6.07) is 7.42. The number of carbonyl (C=O) groups is 1. The van der Waals surface area contributed by atoms with E-state index in [9.17, 15) is 4.79 Å². The Morgan fingerprint density at radius 1 is 1.08 bits per heavy atom. The standard InChI is InChI=1S/C20H30N4O/c1-6-11-17(7-2)22-23-19-14-12-18(13-15-19)21-20(25)16-24(8-3,9-4)10-5/h6-7,11-15H,8-10,16H2,1-5H3/p+1. The fourth-order valence-corrected chi connectivity index (χ4v) is 2.60. The van der Waals surface area contributed by atoms with Gasteiger partial charge in [0.15, 0.2) is 6.54 Å². The van der Waals surface area contributed by atoms with E-state index >= 15 is 0 Å². The Bertz CT molecular complexity index is 617. The number of anilines is 1. The van der Waals surface area contributed by atoms with Crippen LogP contribution in [0.15, 0.2) is 58.4 Å². The van der Waals surface area contributed by atoms with Gasteiger partial charge in [-0.15, -0.1) is 0 Å². The molecule has 25 heavy (non-hydrogen) atoms. The first-order valence-electron chi connectivity index (χ1n) is 8.98. The lowest BCUT2D eigenvalue weighted by Crippen LogP contribution is -2.51. The van der Waals surface area contributed by atoms with Crippen LogP contribution in [0, 0.1) is 0 Å². The highest BCUT2D eigenvalue weighted by molar-refractivity contribution is 5.91. The Kier molecular flexibility index (Phi) is 8.78. The van der Waals surface area contributed by atoms with Gasteiger partial charge in [0.1, 0.15) is 0 Å². The number of carbonyl (C=O) groups excluding carboxylic acids is 1. The highest BCUT2D eigenvalue weighted by atomic mass is 16.2. The molecule has 1 aromatic carbocycles. The minimum atomic E-state index is 0.0456. The van der Waals surface area contributed by atoms with Gasteiger partial charge in [-0.3, -0.25) is 4.79 Å². The van der Waals surface area contributed by atoms with Crippen LogP contribution in [0.1, 0.15) is 34.6 Å². The second-order valence-corrected chi connectivity index (χ2v) is 5.96. The van der Waals surface area contributed by atoms with E-state index in [1.807, 2.05) is 56.3 Å². The average Bonchev–Trinajstić information content (AvgIpc) is 2.64. The maximum Gasteiger partial charge on any atom is 0.279 e. The Morgan fingerprint density at radius 3 is 2.16 bits per heavy atom. The molecular weight excluding hydrogens is 312 g/mol. The molecule has 0 aliphatic carbocycles. The third-order valence-corrected chi connectivity index (χ3v) is 4.56. The van der Waals surface area contributed by atoms with E-state index in [0.29, 0.717) is 6.54 Å². The molecule has 1 amide bonds. The summed E-state index contributed by atoms with van der Waals surface area (Å²) >= 11 is 0. The number of amides is 1. The zero-order chi connectivity index (χ0) is 18.7. The average molecular weight is 343 g/mol. The van der Waals surface area contributed by atoms with Gasteiger partial charge in [-0.05, 0) is 65.0 Å². The molecule has 136 valence electrons. The molecule has 0 atom stereocenters. The molecule has 0 saturated heterocycles. The molecule has 0 saturated carbocycles. The molecule has 1 N–H and O–H groups in total. The van der Waals surface area contributed by atoms with Gasteiger partial charge in [-0.2, -0.15) is 10.2 Å². The van der Waals surface area contributed by atoms with Crippen LogP contribution in [0.4, 0.5) is 11.4 Å². The first-order valence-corrected chi connectivity index (χ1v) is 8.98. The molecule has 0 radical (unpaired) electrons. The van der Waals surface area contributed by atoms with Gasteiger partial charge in [0.25, 0.3) is 5.91 Å². The number of azo groups is 1. The quantitative estimate of drug-likeness (QED) is 0.380. The number of hydrogen-bond acceptors (Lipinski definition) is 3. The molecular formula is C20H31N4O+. The topological polar surface area (TPSA) is 53.8 Å². The third kappa shape index (κ3) is 6.63. The van der Waals surface area contributed by atoms with Gasteiger partial charge in [-0.1, -0.05) is 12.2 Å². The molecule has 5 heteroatoms. The van der Waals surface area contributed by atoms with E-state index in [1.54, 1.807) is 0 Å². The third-order valence-electron chi connectivity index (χ3n) is 4.56. The van der Waals surface area contributed by atoms with E-state index in [-0.39, 0.29) is 5.91 Å². The van der Waals surface area contributed by atoms with Crippen LogP contribution in [0.25, 0.3) is 0 Å². The minimum absolute atomic E-state index is 0.0456. The van der Waals surface area contributed by atoms with Crippen LogP contribution in [-0.2, 0) is 4.79 Å². The van der Waals surface area contributed by atoms with Crippen molar-refractivity contribution in [3.8, 4) is 0 Å². The molecule has 1 aromatic rings. The van der Waals surface area contributed by atoms with E-state index in [0.717, 1.165) is 41.2 Å². The monoisotopic (exact) mass is 343 g/mol. The maximum atomic E-state index is 12.3. The van der Waals surface area contributed by atoms with Crippen molar-refractivity contribution in [1.82, 2.24) is 0 Å². The molecule has 0 bridgehead atoms. The molecule has 0 spiro atoms. The zero-order valence-electron chi connectivity index (χ0n) is 16.1. The summed E-state index contributed by atoms with van der Waals surface area (Å²) in [6.45, 7) is 13.6. The smallest absolute Gasteiger partial charge is 0.279 e. The number of allylic oxidation sites excluding steroid dienone is 3. The first kappa shape index (κ1) is 20.8. The second-order valence-electron chi connectivity index (χ2n) is 5.96. The fourth-order valence-electron chi connectivity index (χ4n) is 2.60. The summed E-state index contributed by atoms with van der Waals surface area (Å²) in [4.78, 5) is 12.3. The molecule has 5 nitrogen and oxygen atoms in total. The van der Waals surface area contributed by atoms with Crippen LogP contribution in [0.3, 0.4) is 0 Å². The van der Waals surface area contributed by atoms with E-state index in [2.05, 4.69) is 36.3 Å². The number of rotatable bonds is 9. The van der Waals surface area contributed by atoms with Crippen molar-refractivity contribution in [3.63, 3.8) is 0 Å². The SMILES string of the molecule is CC=CC(=CC)N=Nc1ccc(NC(=O)C[N+](CC)(CC)CC)cc1. The summed E-state index contributed by atoms with van der Waals surface area (Å²) in [6.07, 6.45) is 5.73. The van der Waals surface area contributed by atoms with Gasteiger partial charge in [-0.25, -0.2) is 0 Å². The number of benzene rings is 1. The lowest BCUT2D eigenvalue weighted by molar-refractivity contribution is -0.915. The largest absolute Gasteiger partial charge is 0.321 e. The Hall–Kier alpha value is -2.27. The van der Waals surface area contributed by atoms with Gasteiger partial charge in [0.05, 0.1) is 31.0 Å². The predicted octanol–water partition coefficient (Wildman–Crippen LogP) is 5.07. The first-order chi connectivity index (χ1) is 12.0. The molecule has 0 aromatic heterocycles. The van der Waals surface area contributed by atoms with Gasteiger partial charge >= 0.3 is 0 Å². The summed E-state index contributed by atoms with van der Waals surface area (Å²) in [7, 11) is 0. The van der Waals surface area contributed by atoms with E-state index < -0.39 is 0 Å². The molecule has 1 rings (SSSR count). The summed E-state index contributed by atoms with van der Waals surface area (Å²) in [5.41, 5.74) is 2.35. The predicted molar refractivity (Wildman–Crippen MR) is 105 cm³/mol. The highest BCUT2D eigenvalue weighted by Gasteiger charge is 2.24. The summed E-state index contributed by atoms with van der Waals surface area (Å²) in [5, 5.41) is 11.4. The van der Waals surface area contributed by atoms with Crippen LogP contribution in [-0.4, -0.2) is 36.6 Å². The molecule has 0 aliphatic rings. The number of hydrogen-bond donors (Lipinski definition) is 1. The molecule has 0 aliphatic heterocycles. The fraction of sp³-hybridized carbons (Fsp3) is 0.450. The van der Waals surface area contributed by atoms with Crippen molar-refractivity contribution in [3.05, 3.63) is 48.2 Å². The van der Waals surface area contributed by atoms with Crippen LogP contribution in [0.5, 0.6) is 0 Å². The minimum Gasteiger partial charge on any atom is -0.321 e. The molecule has 0 heterocycles. The molecule has 0 unspecified atom stereocenters. The van der Waals surface area contributed by atoms with Crippen molar-refractivity contribution in [2.75, 3.05) is 31.5 Å². The lowest BCUT2D eigenvalue weighted by atomic mass is 10.2. The number of likely N-dealkylation sites (N-methyl/N-ethyl adjacent to an activating group) is 1. The van der Waals surface area contributed by atoms with Gasteiger partial charge in [0.2, 0.25) is 0 Å². The Labute approximate surface area is 151 Å². The van der Waals surface area contributed by atoms with Crippen molar-refractivity contribution in [1.29, 1.82) is 0 Å². The molecule has 0 fully saturated rings. The van der Waals surface area contributed by atoms with E-state index in [4.69, 9.17) is 0 Å². The lowest BCUT2D eigenvalue weighted by Gasteiger charge is -2.34. The van der Waals surface area contributed by atoms with Gasteiger partial charge in [0, 0.05) is 5.69 Å². The second kappa shape index (κ2) is 10.6. The summed E-state index contributed by atoms with van der Waals surface area (Å²) < 4.78 is 0.801. The maximum absolute atomic E-state index is 12.3. The highest BCUT2D eigenvalue weighted by Crippen LogP contribution is 2.18. The van der Waals surface area contributed by atoms with Crippen molar-refractivity contribution in [2.24, 2.45) is 10.2 Å². The number of nitrogens with zero attached hydrogens (tertiary/aromatic N) is 3. The van der Waals surface area contributed by atoms with Crippen LogP contribution < -0.4 is 5.32 Å². The van der Waals surface area contributed by atoms with Crippen LogP contribution in [0.2, 0.25) is 0 Å². The van der Waals surface area contributed by atoms with Crippen molar-refractivity contribution < 1.29 is 9.28 Å². The van der Waals surface area contributed by atoms with Crippen LogP contribution >= 0.6 is 0 Å². The van der Waals surface area contributed by atoms with Crippen molar-refractivity contribution in [2.45, 2.75) is 34.6 Å². The Morgan fingerprint density at radius 2 is 1.68 bits per heavy atom. The van der Waals surface area contributed by atoms with E-state index in [1.165, 1.54) is 0 Å².